The van der Waals surface area contributed by atoms with E-state index in [4.69, 9.17) is 0 Å². The second-order valence-electron chi connectivity index (χ2n) is 5.47. The molecule has 0 fully saturated rings. The van der Waals surface area contributed by atoms with Gasteiger partial charge in [-0.05, 0) is 13.8 Å². The predicted octanol–water partition coefficient (Wildman–Crippen LogP) is 2.11. The van der Waals surface area contributed by atoms with Crippen LogP contribution in [0.4, 0.5) is 30.7 Å². The lowest BCUT2D eigenvalue weighted by Gasteiger charge is -2.33. The lowest BCUT2D eigenvalue weighted by molar-refractivity contribution is -0.357. The highest BCUT2D eigenvalue weighted by atomic mass is 32.2. The van der Waals surface area contributed by atoms with Crippen molar-refractivity contribution >= 4 is 22.1 Å². The summed E-state index contributed by atoms with van der Waals surface area (Å²) in [4.78, 5) is 23.0. The first-order valence-electron chi connectivity index (χ1n) is 7.23. The van der Waals surface area contributed by atoms with Gasteiger partial charge in [0.1, 0.15) is 0 Å². The highest BCUT2D eigenvalue weighted by Gasteiger charge is 2.68. The molecule has 0 aliphatic heterocycles. The van der Waals surface area contributed by atoms with Crippen molar-refractivity contribution in [1.29, 1.82) is 0 Å². The van der Waals surface area contributed by atoms with Gasteiger partial charge in [0.05, 0.1) is 12.7 Å². The summed E-state index contributed by atoms with van der Waals surface area (Å²) >= 11 is 0. The molecule has 0 N–H and O–H groups in total. The monoisotopic (exact) mass is 463 g/mol. The molecule has 0 amide bonds. The Hall–Kier alpha value is -1.94. The van der Waals surface area contributed by atoms with E-state index in [1.807, 2.05) is 0 Å². The van der Waals surface area contributed by atoms with Crippen molar-refractivity contribution in [2.75, 3.05) is 6.61 Å². The number of ether oxygens (including phenoxy) is 3. The van der Waals surface area contributed by atoms with E-state index in [2.05, 4.69) is 20.8 Å². The van der Waals surface area contributed by atoms with Gasteiger partial charge in [-0.3, -0.25) is 0 Å². The van der Waals surface area contributed by atoms with Crippen LogP contribution in [-0.4, -0.2) is 60.8 Å². The van der Waals surface area contributed by atoms with E-state index in [-0.39, 0.29) is 6.08 Å². The van der Waals surface area contributed by atoms with Gasteiger partial charge in [0.2, 0.25) is 0 Å². The van der Waals surface area contributed by atoms with Gasteiger partial charge in [-0.1, -0.05) is 6.58 Å². The van der Waals surface area contributed by atoms with E-state index in [9.17, 15) is 53.3 Å². The summed E-state index contributed by atoms with van der Waals surface area (Å²) in [6.07, 6.45) is -9.56. The van der Waals surface area contributed by atoms with Gasteiger partial charge < -0.3 is 18.8 Å². The number of esters is 2. The third-order valence-corrected chi connectivity index (χ3v) is 3.78. The zero-order valence-electron chi connectivity index (χ0n) is 14.6. The van der Waals surface area contributed by atoms with Crippen molar-refractivity contribution in [1.82, 2.24) is 0 Å². The van der Waals surface area contributed by atoms with Gasteiger partial charge in [0, 0.05) is 12.5 Å². The molecule has 29 heavy (non-hydrogen) atoms. The number of rotatable bonds is 10. The third kappa shape index (κ3) is 6.02. The second kappa shape index (κ2) is 8.83. The Morgan fingerprint density at radius 3 is 1.93 bits per heavy atom. The standard InChI is InChI=1S/C13H15F7O8S/c1-4-8(21)28-11(12(16,17)18,9(22)27-7(2)3)26-6-5-10(14,15)13(19,20)29(23,24)25/h4,7H,1,5-6H2,2-3H3,(H,23,24,25)/p-1. The minimum Gasteiger partial charge on any atom is -0.743 e. The number of hydrogen-bond donors (Lipinski definition) is 0. The molecule has 0 aromatic rings. The summed E-state index contributed by atoms with van der Waals surface area (Å²) in [6, 6.07) is 0. The summed E-state index contributed by atoms with van der Waals surface area (Å²) in [5.41, 5.74) is 0. The number of alkyl halides is 7. The normalized spacial score (nSPS) is 15.6. The Balaban J connectivity index is 5.93. The average molecular weight is 463 g/mol. The highest BCUT2D eigenvalue weighted by Crippen LogP contribution is 2.42. The highest BCUT2D eigenvalue weighted by molar-refractivity contribution is 7.86. The zero-order valence-corrected chi connectivity index (χ0v) is 15.4. The van der Waals surface area contributed by atoms with Gasteiger partial charge in [0.15, 0.2) is 10.1 Å². The third-order valence-electron chi connectivity index (χ3n) is 2.86. The Kier molecular flexibility index (Phi) is 8.24. The SMILES string of the molecule is C=CC(=O)OC(OCCC(F)(F)C(F)(F)S(=O)(=O)[O-])(C(=O)OC(C)C)C(F)(F)F. The molecule has 0 saturated carbocycles. The molecule has 0 aromatic heterocycles. The lowest BCUT2D eigenvalue weighted by Crippen LogP contribution is -2.59. The molecule has 0 heterocycles. The van der Waals surface area contributed by atoms with Crippen LogP contribution in [0.2, 0.25) is 0 Å². The fourth-order valence-electron chi connectivity index (χ4n) is 1.51. The van der Waals surface area contributed by atoms with Crippen molar-refractivity contribution in [3.8, 4) is 0 Å². The Morgan fingerprint density at radius 2 is 1.59 bits per heavy atom. The van der Waals surface area contributed by atoms with Crippen LogP contribution in [-0.2, 0) is 33.9 Å². The molecule has 0 rings (SSSR count). The first kappa shape index (κ1) is 27.1. The smallest absolute Gasteiger partial charge is 0.468 e. The summed E-state index contributed by atoms with van der Waals surface area (Å²) in [6.45, 7) is 2.76. The van der Waals surface area contributed by atoms with Gasteiger partial charge in [-0.2, -0.15) is 30.7 Å². The number of hydrogen-bond acceptors (Lipinski definition) is 8. The molecule has 0 aromatic carbocycles. The predicted molar refractivity (Wildman–Crippen MR) is 76.5 cm³/mol. The maximum atomic E-state index is 13.4. The van der Waals surface area contributed by atoms with Crippen molar-refractivity contribution in [2.45, 2.75) is 49.5 Å². The van der Waals surface area contributed by atoms with E-state index in [1.54, 1.807) is 0 Å². The fraction of sp³-hybridized carbons (Fsp3) is 0.692. The van der Waals surface area contributed by atoms with Crippen LogP contribution in [0, 0.1) is 0 Å². The van der Waals surface area contributed by atoms with Crippen LogP contribution in [0.3, 0.4) is 0 Å². The number of carbonyl (C=O) groups excluding carboxylic acids is 2. The topological polar surface area (TPSA) is 119 Å². The molecule has 0 spiro atoms. The maximum absolute atomic E-state index is 13.4. The second-order valence-corrected chi connectivity index (χ2v) is 6.89. The summed E-state index contributed by atoms with van der Waals surface area (Å²) in [7, 11) is -6.91. The Labute approximate surface area is 159 Å². The molecule has 1 unspecified atom stereocenters. The van der Waals surface area contributed by atoms with Crippen LogP contribution in [0.15, 0.2) is 12.7 Å². The van der Waals surface area contributed by atoms with Gasteiger partial charge in [-0.25, -0.2) is 18.0 Å². The van der Waals surface area contributed by atoms with Gasteiger partial charge in [-0.15, -0.1) is 0 Å². The van der Waals surface area contributed by atoms with Crippen molar-refractivity contribution in [2.24, 2.45) is 0 Å². The lowest BCUT2D eigenvalue weighted by atomic mass is 10.2. The Bertz CT molecular complexity index is 732. The summed E-state index contributed by atoms with van der Waals surface area (Å²) in [5, 5.41) is -6.21. The van der Waals surface area contributed by atoms with E-state index < -0.39 is 64.3 Å². The van der Waals surface area contributed by atoms with Crippen molar-refractivity contribution in [3.05, 3.63) is 12.7 Å². The zero-order chi connectivity index (χ0) is 23.5. The number of carbonyl (C=O) groups is 2. The van der Waals surface area contributed by atoms with Crippen molar-refractivity contribution < 1.29 is 67.5 Å². The fourth-order valence-corrected chi connectivity index (χ4v) is 1.98. The molecule has 8 nitrogen and oxygen atoms in total. The van der Waals surface area contributed by atoms with E-state index in [1.165, 1.54) is 0 Å². The maximum Gasteiger partial charge on any atom is 0.468 e. The molecular formula is C13H14F7O8S-. The van der Waals surface area contributed by atoms with Crippen molar-refractivity contribution in [3.63, 3.8) is 0 Å². The summed E-state index contributed by atoms with van der Waals surface area (Å²) < 4.78 is 136. The van der Waals surface area contributed by atoms with Gasteiger partial charge >= 0.3 is 35.1 Å². The summed E-state index contributed by atoms with van der Waals surface area (Å²) in [5.74, 6) is -14.7. The Morgan fingerprint density at radius 1 is 1.10 bits per heavy atom. The molecule has 0 aliphatic carbocycles. The minimum absolute atomic E-state index is 0.138. The van der Waals surface area contributed by atoms with Crippen LogP contribution in [0.25, 0.3) is 0 Å². The largest absolute Gasteiger partial charge is 0.743 e. The van der Waals surface area contributed by atoms with E-state index >= 15 is 0 Å². The van der Waals surface area contributed by atoms with Crippen LogP contribution >= 0.6 is 0 Å². The van der Waals surface area contributed by atoms with E-state index in [0.717, 1.165) is 13.8 Å². The molecule has 0 radical (unpaired) electrons. The molecule has 1 atom stereocenters. The molecule has 0 bridgehead atoms. The first-order valence-corrected chi connectivity index (χ1v) is 8.64. The number of halogens is 7. The molecular weight excluding hydrogens is 449 g/mol. The molecule has 0 aliphatic rings. The van der Waals surface area contributed by atoms with Gasteiger partial charge in [0.25, 0.3) is 0 Å². The average Bonchev–Trinajstić information content (AvgIpc) is 2.50. The van der Waals surface area contributed by atoms with Crippen LogP contribution in [0.1, 0.15) is 20.3 Å². The first-order chi connectivity index (χ1) is 12.7. The van der Waals surface area contributed by atoms with Crippen LogP contribution < -0.4 is 0 Å². The molecule has 170 valence electrons. The molecule has 16 heteroatoms. The van der Waals surface area contributed by atoms with E-state index in [0.29, 0.717) is 0 Å². The minimum atomic E-state index is -6.91. The molecule has 0 saturated heterocycles. The van der Waals surface area contributed by atoms with Crippen LogP contribution in [0.5, 0.6) is 0 Å². The quantitative estimate of drug-likeness (QED) is 0.159.